The van der Waals surface area contributed by atoms with Crippen LogP contribution >= 0.6 is 0 Å². The lowest BCUT2D eigenvalue weighted by Gasteiger charge is -2.34. The first-order valence-corrected chi connectivity index (χ1v) is 5.17. The summed E-state index contributed by atoms with van der Waals surface area (Å²) in [6, 6.07) is 5.17. The maximum atomic E-state index is 10.9. The van der Waals surface area contributed by atoms with Crippen LogP contribution in [0.4, 0.5) is 17.1 Å². The molecule has 5 nitrogen and oxygen atoms in total. The molecule has 0 aliphatic carbocycles. The molecule has 1 fully saturated rings. The summed E-state index contributed by atoms with van der Waals surface area (Å²) in [7, 11) is 0. The van der Waals surface area contributed by atoms with Gasteiger partial charge in [0.25, 0.3) is 0 Å². The first-order valence-electron chi connectivity index (χ1n) is 5.17. The minimum absolute atomic E-state index is 0.239. The number of nitrogens with zero attached hydrogens (tertiary/aromatic N) is 1. The van der Waals surface area contributed by atoms with Crippen molar-refractivity contribution in [1.82, 2.24) is 0 Å². The Balaban J connectivity index is 2.27. The maximum Gasteiger partial charge on any atom is 0.144 e. The van der Waals surface area contributed by atoms with Gasteiger partial charge in [0.05, 0.1) is 24.6 Å². The number of morpholine rings is 1. The lowest BCUT2D eigenvalue weighted by atomic mass is 10.1. The number of ether oxygens (including phenoxy) is 1. The van der Waals surface area contributed by atoms with E-state index in [2.05, 4.69) is 0 Å². The van der Waals surface area contributed by atoms with Gasteiger partial charge in [-0.3, -0.25) is 0 Å². The van der Waals surface area contributed by atoms with Gasteiger partial charge in [0.1, 0.15) is 12.3 Å². The summed E-state index contributed by atoms with van der Waals surface area (Å²) >= 11 is 0. The molecular formula is C11H15N3O2. The van der Waals surface area contributed by atoms with Crippen LogP contribution in [0.15, 0.2) is 18.2 Å². The highest BCUT2D eigenvalue weighted by atomic mass is 16.5. The Bertz CT molecular complexity index is 395. The molecule has 5 heteroatoms. The molecule has 0 amide bonds. The predicted octanol–water partition coefficient (Wildman–Crippen LogP) is 0.255. The van der Waals surface area contributed by atoms with Crippen molar-refractivity contribution in [3.05, 3.63) is 18.2 Å². The average molecular weight is 221 g/mol. The van der Waals surface area contributed by atoms with Gasteiger partial charge in [-0.15, -0.1) is 0 Å². The highest BCUT2D eigenvalue weighted by Gasteiger charge is 2.22. The molecule has 16 heavy (non-hydrogen) atoms. The largest absolute Gasteiger partial charge is 0.397 e. The van der Waals surface area contributed by atoms with Crippen LogP contribution in [0.1, 0.15) is 0 Å². The van der Waals surface area contributed by atoms with E-state index in [1.807, 2.05) is 11.0 Å². The zero-order valence-corrected chi connectivity index (χ0v) is 8.93. The number of hydrogen-bond acceptors (Lipinski definition) is 5. The second-order valence-corrected chi connectivity index (χ2v) is 3.78. The second kappa shape index (κ2) is 4.40. The average Bonchev–Trinajstić information content (AvgIpc) is 2.32. The molecule has 1 atom stereocenters. The molecule has 1 saturated heterocycles. The summed E-state index contributed by atoms with van der Waals surface area (Å²) in [5.41, 5.74) is 13.4. The molecule has 0 saturated carbocycles. The maximum absolute atomic E-state index is 10.9. The number of hydrogen-bond donors (Lipinski definition) is 2. The smallest absolute Gasteiger partial charge is 0.144 e. The van der Waals surface area contributed by atoms with E-state index >= 15 is 0 Å². The normalized spacial score (nSPS) is 20.8. The third-order valence-corrected chi connectivity index (χ3v) is 2.72. The van der Waals surface area contributed by atoms with Gasteiger partial charge in [-0.2, -0.15) is 0 Å². The predicted molar refractivity (Wildman–Crippen MR) is 63.3 cm³/mol. The fourth-order valence-corrected chi connectivity index (χ4v) is 1.80. The van der Waals surface area contributed by atoms with Crippen molar-refractivity contribution in [2.75, 3.05) is 36.1 Å². The van der Waals surface area contributed by atoms with Crippen molar-refractivity contribution in [3.8, 4) is 0 Å². The van der Waals surface area contributed by atoms with E-state index in [4.69, 9.17) is 16.2 Å². The first kappa shape index (κ1) is 10.8. The Morgan fingerprint density at radius 2 is 2.19 bits per heavy atom. The fraction of sp³-hybridized carbons (Fsp3) is 0.364. The summed E-state index contributed by atoms with van der Waals surface area (Å²) in [6.45, 7) is 1.73. The zero-order valence-electron chi connectivity index (χ0n) is 8.93. The first-order chi connectivity index (χ1) is 7.72. The number of nitrogen functional groups attached to an aromatic ring is 2. The van der Waals surface area contributed by atoms with E-state index in [0.717, 1.165) is 12.0 Å². The van der Waals surface area contributed by atoms with Gasteiger partial charge < -0.3 is 25.9 Å². The number of aldehydes is 1. The molecule has 1 aromatic rings. The summed E-state index contributed by atoms with van der Waals surface area (Å²) in [4.78, 5) is 12.9. The van der Waals surface area contributed by atoms with Gasteiger partial charge in [-0.25, -0.2) is 0 Å². The zero-order chi connectivity index (χ0) is 11.5. The second-order valence-electron chi connectivity index (χ2n) is 3.78. The van der Waals surface area contributed by atoms with Crippen LogP contribution in [0.3, 0.4) is 0 Å². The summed E-state index contributed by atoms with van der Waals surface area (Å²) in [5, 5.41) is 0. The highest BCUT2D eigenvalue weighted by molar-refractivity contribution is 5.73. The van der Waals surface area contributed by atoms with Gasteiger partial charge in [-0.1, -0.05) is 0 Å². The number of benzene rings is 1. The van der Waals surface area contributed by atoms with E-state index in [1.165, 1.54) is 0 Å². The van der Waals surface area contributed by atoms with E-state index < -0.39 is 0 Å². The minimum atomic E-state index is -0.239. The Morgan fingerprint density at radius 3 is 2.88 bits per heavy atom. The van der Waals surface area contributed by atoms with Crippen molar-refractivity contribution >= 4 is 23.3 Å². The molecule has 0 spiro atoms. The molecule has 2 rings (SSSR count). The van der Waals surface area contributed by atoms with Crippen LogP contribution in [0.5, 0.6) is 0 Å². The fourth-order valence-electron chi connectivity index (χ4n) is 1.80. The van der Waals surface area contributed by atoms with Crippen molar-refractivity contribution < 1.29 is 9.53 Å². The molecule has 1 aliphatic rings. The van der Waals surface area contributed by atoms with Crippen molar-refractivity contribution in [3.63, 3.8) is 0 Å². The Kier molecular flexibility index (Phi) is 2.96. The van der Waals surface area contributed by atoms with Crippen molar-refractivity contribution in [2.45, 2.75) is 6.04 Å². The topological polar surface area (TPSA) is 81.6 Å². The molecular weight excluding hydrogens is 206 g/mol. The third-order valence-electron chi connectivity index (χ3n) is 2.72. The number of carbonyl (C=O) groups is 1. The SMILES string of the molecule is Nc1ccc(N2CCOCC2C=O)cc1N. The van der Waals surface area contributed by atoms with Crippen LogP contribution in [0.25, 0.3) is 0 Å². The van der Waals surface area contributed by atoms with Gasteiger partial charge in [0.15, 0.2) is 0 Å². The number of anilines is 3. The molecule has 0 bridgehead atoms. The van der Waals surface area contributed by atoms with Crippen LogP contribution < -0.4 is 16.4 Å². The summed E-state index contributed by atoms with van der Waals surface area (Å²) in [5.74, 6) is 0. The number of nitrogens with two attached hydrogens (primary N) is 2. The van der Waals surface area contributed by atoms with E-state index in [0.29, 0.717) is 31.1 Å². The lowest BCUT2D eigenvalue weighted by molar-refractivity contribution is -0.111. The molecule has 1 unspecified atom stereocenters. The molecule has 4 N–H and O–H groups in total. The van der Waals surface area contributed by atoms with E-state index in [-0.39, 0.29) is 6.04 Å². The van der Waals surface area contributed by atoms with Gasteiger partial charge >= 0.3 is 0 Å². The number of carbonyl (C=O) groups excluding carboxylic acids is 1. The molecule has 86 valence electrons. The standard InChI is InChI=1S/C11H15N3O2/c12-10-2-1-8(5-11(10)13)14-3-4-16-7-9(14)6-15/h1-2,5-6,9H,3-4,7,12-13H2. The van der Waals surface area contributed by atoms with Crippen LogP contribution in [-0.2, 0) is 9.53 Å². The monoisotopic (exact) mass is 221 g/mol. The number of rotatable bonds is 2. The molecule has 1 heterocycles. The van der Waals surface area contributed by atoms with E-state index in [1.54, 1.807) is 12.1 Å². The van der Waals surface area contributed by atoms with Gasteiger partial charge in [-0.05, 0) is 18.2 Å². The lowest BCUT2D eigenvalue weighted by Crippen LogP contribution is -2.46. The van der Waals surface area contributed by atoms with E-state index in [9.17, 15) is 4.79 Å². The third kappa shape index (κ3) is 1.94. The highest BCUT2D eigenvalue weighted by Crippen LogP contribution is 2.25. The summed E-state index contributed by atoms with van der Waals surface area (Å²) in [6.07, 6.45) is 0.895. The van der Waals surface area contributed by atoms with Gasteiger partial charge in [0.2, 0.25) is 0 Å². The minimum Gasteiger partial charge on any atom is -0.397 e. The van der Waals surface area contributed by atoms with Crippen molar-refractivity contribution in [1.29, 1.82) is 0 Å². The molecule has 1 aromatic carbocycles. The Hall–Kier alpha value is -1.75. The van der Waals surface area contributed by atoms with Crippen molar-refractivity contribution in [2.24, 2.45) is 0 Å². The van der Waals surface area contributed by atoms with Crippen LogP contribution in [0, 0.1) is 0 Å². The van der Waals surface area contributed by atoms with Crippen LogP contribution in [0.2, 0.25) is 0 Å². The van der Waals surface area contributed by atoms with Gasteiger partial charge in [0, 0.05) is 12.2 Å². The Morgan fingerprint density at radius 1 is 1.38 bits per heavy atom. The molecule has 1 aliphatic heterocycles. The molecule has 0 radical (unpaired) electrons. The quantitative estimate of drug-likeness (QED) is 0.553. The summed E-state index contributed by atoms with van der Waals surface area (Å²) < 4.78 is 5.25. The van der Waals surface area contributed by atoms with Crippen LogP contribution in [-0.4, -0.2) is 32.1 Å². The Labute approximate surface area is 94.0 Å². The molecule has 0 aromatic heterocycles.